The van der Waals surface area contributed by atoms with Crippen LogP contribution in [0.25, 0.3) is 11.3 Å². The van der Waals surface area contributed by atoms with Gasteiger partial charge in [-0.15, -0.1) is 0 Å². The van der Waals surface area contributed by atoms with E-state index in [0.717, 1.165) is 45.8 Å². The zero-order valence-corrected chi connectivity index (χ0v) is 18.7. The third-order valence-corrected chi connectivity index (χ3v) is 5.93. The van der Waals surface area contributed by atoms with Gasteiger partial charge < -0.3 is 10.1 Å². The molecule has 0 unspecified atom stereocenters. The van der Waals surface area contributed by atoms with E-state index in [0.29, 0.717) is 11.6 Å². The number of ether oxygens (including phenoxy) is 1. The van der Waals surface area contributed by atoms with Gasteiger partial charge in [-0.1, -0.05) is 54.1 Å². The van der Waals surface area contributed by atoms with Crippen LogP contribution >= 0.6 is 11.6 Å². The second-order valence-corrected chi connectivity index (χ2v) is 9.15. The summed E-state index contributed by atoms with van der Waals surface area (Å²) in [6.07, 6.45) is 0.814. The van der Waals surface area contributed by atoms with E-state index in [-0.39, 0.29) is 11.6 Å². The third-order valence-electron chi connectivity index (χ3n) is 5.68. The number of benzene rings is 3. The summed E-state index contributed by atoms with van der Waals surface area (Å²) in [5.74, 6) is 0.880. The number of nitrogens with one attached hydrogen (secondary N) is 2. The lowest BCUT2D eigenvalue weighted by atomic mass is 10.0. The quantitative estimate of drug-likeness (QED) is 0.521. The number of hydrazine groups is 1. The molecule has 0 aliphatic carbocycles. The number of anilines is 1. The molecule has 2 aliphatic heterocycles. The molecule has 5 rings (SSSR count). The van der Waals surface area contributed by atoms with Gasteiger partial charge in [0.2, 0.25) is 0 Å². The molecule has 6 heteroatoms. The largest absolute Gasteiger partial charge is 0.487 e. The van der Waals surface area contributed by atoms with Crippen LogP contribution in [0.4, 0.5) is 10.5 Å². The van der Waals surface area contributed by atoms with E-state index in [1.165, 1.54) is 0 Å². The van der Waals surface area contributed by atoms with Gasteiger partial charge in [0.25, 0.3) is 0 Å². The lowest BCUT2D eigenvalue weighted by molar-refractivity contribution is 0.138. The Morgan fingerprint density at radius 2 is 1.78 bits per heavy atom. The normalized spacial score (nSPS) is 16.4. The van der Waals surface area contributed by atoms with Crippen LogP contribution in [0.2, 0.25) is 5.02 Å². The van der Waals surface area contributed by atoms with Crippen molar-refractivity contribution in [3.8, 4) is 5.75 Å². The van der Waals surface area contributed by atoms with Gasteiger partial charge in [-0.2, -0.15) is 0 Å². The van der Waals surface area contributed by atoms with Crippen molar-refractivity contribution in [2.75, 3.05) is 11.9 Å². The monoisotopic (exact) mass is 445 g/mol. The van der Waals surface area contributed by atoms with Gasteiger partial charge in [-0.3, -0.25) is 5.43 Å². The van der Waals surface area contributed by atoms with Crippen molar-refractivity contribution in [3.63, 3.8) is 0 Å². The van der Waals surface area contributed by atoms with Crippen molar-refractivity contribution >= 4 is 34.6 Å². The van der Waals surface area contributed by atoms with Crippen molar-refractivity contribution in [1.29, 1.82) is 0 Å². The van der Waals surface area contributed by atoms with Crippen LogP contribution < -0.4 is 15.5 Å². The number of carbonyl (C=O) groups excluding carboxylic acids is 1. The molecule has 2 amide bonds. The Bertz CT molecular complexity index is 1200. The topological polar surface area (TPSA) is 53.6 Å². The number of fused-ring (bicyclic) bond motifs is 1. The van der Waals surface area contributed by atoms with E-state index >= 15 is 0 Å². The average molecular weight is 446 g/mol. The lowest BCUT2D eigenvalue weighted by Gasteiger charge is -2.19. The molecular formula is C26H24ClN3O2. The first-order chi connectivity index (χ1) is 15.4. The van der Waals surface area contributed by atoms with Crippen molar-refractivity contribution in [1.82, 2.24) is 10.4 Å². The van der Waals surface area contributed by atoms with E-state index in [1.54, 1.807) is 5.01 Å². The molecule has 2 N–H and O–H groups in total. The van der Waals surface area contributed by atoms with E-state index in [4.69, 9.17) is 16.3 Å². The third kappa shape index (κ3) is 4.04. The molecule has 0 aromatic heterocycles. The predicted octanol–water partition coefficient (Wildman–Crippen LogP) is 5.97. The van der Waals surface area contributed by atoms with Crippen LogP contribution in [0, 0.1) is 0 Å². The lowest BCUT2D eigenvalue weighted by Crippen LogP contribution is -2.40. The summed E-state index contributed by atoms with van der Waals surface area (Å²) in [7, 11) is 0. The summed E-state index contributed by atoms with van der Waals surface area (Å²) in [6, 6.07) is 23.3. The number of hydrogen-bond donors (Lipinski definition) is 2. The molecule has 0 radical (unpaired) electrons. The zero-order valence-electron chi connectivity index (χ0n) is 18.0. The van der Waals surface area contributed by atoms with Crippen molar-refractivity contribution in [2.45, 2.75) is 25.9 Å². The number of hydrogen-bond acceptors (Lipinski definition) is 3. The highest BCUT2D eigenvalue weighted by Gasteiger charge is 2.31. The van der Waals surface area contributed by atoms with Gasteiger partial charge in [-0.05, 0) is 55.3 Å². The molecule has 5 nitrogen and oxygen atoms in total. The SMILES string of the molecule is CC1(C)Cc2cc(NC(=O)N3CC(c4ccccc4)=C(c4ccc(Cl)cc4)N3)ccc2O1. The Morgan fingerprint density at radius 3 is 2.53 bits per heavy atom. The van der Waals surface area contributed by atoms with Crippen molar-refractivity contribution in [2.24, 2.45) is 0 Å². The Hall–Kier alpha value is -3.44. The summed E-state index contributed by atoms with van der Waals surface area (Å²) in [4.78, 5) is 13.1. The van der Waals surface area contributed by atoms with E-state index < -0.39 is 0 Å². The van der Waals surface area contributed by atoms with Crippen LogP contribution in [-0.2, 0) is 6.42 Å². The van der Waals surface area contributed by atoms with Gasteiger partial charge in [-0.25, -0.2) is 9.80 Å². The van der Waals surface area contributed by atoms with E-state index in [2.05, 4.69) is 36.7 Å². The van der Waals surface area contributed by atoms with Gasteiger partial charge in [0.1, 0.15) is 11.4 Å². The number of halogens is 1. The van der Waals surface area contributed by atoms with Crippen molar-refractivity contribution < 1.29 is 9.53 Å². The number of urea groups is 1. The first-order valence-corrected chi connectivity index (χ1v) is 11.0. The second-order valence-electron chi connectivity index (χ2n) is 8.72. The molecule has 3 aromatic carbocycles. The average Bonchev–Trinajstić information content (AvgIpc) is 3.35. The van der Waals surface area contributed by atoms with Crippen molar-refractivity contribution in [3.05, 3.63) is 94.5 Å². The minimum Gasteiger partial charge on any atom is -0.487 e. The maximum absolute atomic E-state index is 13.1. The van der Waals surface area contributed by atoms with E-state index in [1.807, 2.05) is 60.7 Å². The fourth-order valence-corrected chi connectivity index (χ4v) is 4.34. The smallest absolute Gasteiger partial charge is 0.340 e. The first kappa shape index (κ1) is 20.5. The van der Waals surface area contributed by atoms with Gasteiger partial charge >= 0.3 is 6.03 Å². The van der Waals surface area contributed by atoms with E-state index in [9.17, 15) is 4.79 Å². The van der Waals surface area contributed by atoms with Crippen LogP contribution in [0.15, 0.2) is 72.8 Å². The van der Waals surface area contributed by atoms with Gasteiger partial charge in [0.15, 0.2) is 0 Å². The zero-order chi connectivity index (χ0) is 22.3. The minimum absolute atomic E-state index is 0.219. The highest BCUT2D eigenvalue weighted by molar-refractivity contribution is 6.30. The predicted molar refractivity (Wildman–Crippen MR) is 128 cm³/mol. The Morgan fingerprint density at radius 1 is 1.03 bits per heavy atom. The summed E-state index contributed by atoms with van der Waals surface area (Å²) >= 11 is 6.08. The van der Waals surface area contributed by atoms with Crippen LogP contribution in [-0.4, -0.2) is 23.2 Å². The standard InChI is InChI=1S/C26H24ClN3O2/c1-26(2)15-19-14-21(12-13-23(19)32-26)28-25(31)30-16-22(17-6-4-3-5-7-17)24(29-30)18-8-10-20(27)11-9-18/h3-14,29H,15-16H2,1-2H3,(H,28,31). The number of amides is 2. The Kier molecular flexibility index (Phi) is 5.06. The Balaban J connectivity index is 1.38. The summed E-state index contributed by atoms with van der Waals surface area (Å²) in [5, 5.41) is 5.29. The summed E-state index contributed by atoms with van der Waals surface area (Å²) < 4.78 is 5.94. The first-order valence-electron chi connectivity index (χ1n) is 10.6. The highest BCUT2D eigenvalue weighted by atomic mass is 35.5. The van der Waals surface area contributed by atoms with Gasteiger partial charge in [0, 0.05) is 28.3 Å². The molecule has 0 spiro atoms. The summed E-state index contributed by atoms with van der Waals surface area (Å²) in [5.41, 5.74) is 8.91. The van der Waals surface area contributed by atoms with Crippen LogP contribution in [0.1, 0.15) is 30.5 Å². The summed E-state index contributed by atoms with van der Waals surface area (Å²) in [6.45, 7) is 4.57. The Labute approximate surface area is 192 Å². The second kappa shape index (κ2) is 7.92. The molecule has 3 aromatic rings. The molecule has 0 fully saturated rings. The maximum Gasteiger partial charge on any atom is 0.340 e. The molecule has 0 bridgehead atoms. The molecule has 0 saturated carbocycles. The number of carbonyl (C=O) groups is 1. The van der Waals surface area contributed by atoms with Crippen LogP contribution in [0.3, 0.4) is 0 Å². The fourth-order valence-electron chi connectivity index (χ4n) is 4.21. The highest BCUT2D eigenvalue weighted by Crippen LogP contribution is 2.36. The molecule has 0 atom stereocenters. The molecule has 32 heavy (non-hydrogen) atoms. The minimum atomic E-state index is -0.222. The molecule has 2 heterocycles. The molecule has 0 saturated heterocycles. The molecular weight excluding hydrogens is 422 g/mol. The van der Waals surface area contributed by atoms with Crippen LogP contribution in [0.5, 0.6) is 5.75 Å². The number of rotatable bonds is 3. The maximum atomic E-state index is 13.1. The fraction of sp³-hybridized carbons (Fsp3) is 0.192. The molecule has 162 valence electrons. The van der Waals surface area contributed by atoms with Gasteiger partial charge in [0.05, 0.1) is 12.2 Å². The number of nitrogens with zero attached hydrogens (tertiary/aromatic N) is 1. The molecule has 2 aliphatic rings.